The van der Waals surface area contributed by atoms with Crippen LogP contribution in [0.1, 0.15) is 25.8 Å². The van der Waals surface area contributed by atoms with Crippen molar-refractivity contribution in [2.24, 2.45) is 5.92 Å². The van der Waals surface area contributed by atoms with Crippen LogP contribution in [0.25, 0.3) is 0 Å². The fraction of sp³-hybridized carbons (Fsp3) is 0.562. The molecule has 0 aliphatic rings. The van der Waals surface area contributed by atoms with E-state index in [0.29, 0.717) is 19.2 Å². The fourth-order valence-electron chi connectivity index (χ4n) is 1.73. The second-order valence-corrected chi connectivity index (χ2v) is 6.07. The molecule has 0 aromatic heterocycles. The van der Waals surface area contributed by atoms with E-state index in [4.69, 9.17) is 4.74 Å². The van der Waals surface area contributed by atoms with Gasteiger partial charge in [-0.15, -0.1) is 0 Å². The molecule has 0 saturated carbocycles. The van der Waals surface area contributed by atoms with Crippen molar-refractivity contribution in [1.82, 2.24) is 5.32 Å². The molecule has 0 radical (unpaired) electrons. The second kappa shape index (κ2) is 9.83. The van der Waals surface area contributed by atoms with Gasteiger partial charge in [0.25, 0.3) is 0 Å². The van der Waals surface area contributed by atoms with Gasteiger partial charge in [0.05, 0.1) is 5.92 Å². The second-order valence-electron chi connectivity index (χ2n) is 5.09. The minimum absolute atomic E-state index is 0.115. The van der Waals surface area contributed by atoms with Crippen LogP contribution >= 0.6 is 11.8 Å². The molecule has 0 aliphatic heterocycles. The van der Waals surface area contributed by atoms with Gasteiger partial charge in [0.15, 0.2) is 0 Å². The lowest BCUT2D eigenvalue weighted by atomic mass is 10.1. The predicted octanol–water partition coefficient (Wildman–Crippen LogP) is 3.10. The Labute approximate surface area is 126 Å². The summed E-state index contributed by atoms with van der Waals surface area (Å²) in [7, 11) is 0. The highest BCUT2D eigenvalue weighted by Gasteiger charge is 2.15. The normalized spacial score (nSPS) is 13.8. The number of nitrogens with one attached hydrogen (secondary N) is 1. The molecular formula is C16H25NO2S. The third-order valence-corrected chi connectivity index (χ3v) is 3.80. The molecule has 0 amide bonds. The molecule has 112 valence electrons. The summed E-state index contributed by atoms with van der Waals surface area (Å²) in [6, 6.07) is 10.2. The number of thioether (sulfide) groups is 1. The van der Waals surface area contributed by atoms with Crippen molar-refractivity contribution in [3.05, 3.63) is 35.9 Å². The van der Waals surface area contributed by atoms with Crippen LogP contribution < -0.4 is 5.32 Å². The first-order valence-electron chi connectivity index (χ1n) is 7.06. The average molecular weight is 295 g/mol. The summed E-state index contributed by atoms with van der Waals surface area (Å²) in [5.41, 5.74) is 1.02. The number of hydrogen-bond acceptors (Lipinski definition) is 4. The lowest BCUT2D eigenvalue weighted by Gasteiger charge is -2.17. The smallest absolute Gasteiger partial charge is 0.310 e. The molecule has 0 spiro atoms. The Hall–Kier alpha value is -1.00. The van der Waals surface area contributed by atoms with Crippen molar-refractivity contribution in [2.45, 2.75) is 32.9 Å². The topological polar surface area (TPSA) is 38.3 Å². The summed E-state index contributed by atoms with van der Waals surface area (Å²) in [4.78, 5) is 11.9. The summed E-state index contributed by atoms with van der Waals surface area (Å²) in [5, 5.41) is 3.38. The number of esters is 1. The van der Waals surface area contributed by atoms with Gasteiger partial charge in [-0.1, -0.05) is 37.3 Å². The summed E-state index contributed by atoms with van der Waals surface area (Å²) >= 11 is 1.84. The number of hydrogen-bond donors (Lipinski definition) is 1. The molecule has 1 aromatic rings. The molecule has 0 aliphatic carbocycles. The largest absolute Gasteiger partial charge is 0.461 e. The maximum atomic E-state index is 11.9. The molecule has 0 heterocycles. The number of rotatable bonds is 9. The molecular weight excluding hydrogens is 270 g/mol. The van der Waals surface area contributed by atoms with Gasteiger partial charge in [-0.2, -0.15) is 11.8 Å². The highest BCUT2D eigenvalue weighted by molar-refractivity contribution is 7.98. The lowest BCUT2D eigenvalue weighted by molar-refractivity contribution is -0.149. The van der Waals surface area contributed by atoms with Gasteiger partial charge in [-0.25, -0.2) is 0 Å². The number of ether oxygens (including phenoxy) is 1. The van der Waals surface area contributed by atoms with Crippen LogP contribution in [0.2, 0.25) is 0 Å². The van der Waals surface area contributed by atoms with Crippen molar-refractivity contribution in [3.63, 3.8) is 0 Å². The zero-order valence-electron chi connectivity index (χ0n) is 12.6. The molecule has 1 N–H and O–H groups in total. The van der Waals surface area contributed by atoms with Crippen molar-refractivity contribution < 1.29 is 9.53 Å². The maximum Gasteiger partial charge on any atom is 0.310 e. The molecule has 3 nitrogen and oxygen atoms in total. The quantitative estimate of drug-likeness (QED) is 0.711. The van der Waals surface area contributed by atoms with Crippen LogP contribution in [0.4, 0.5) is 0 Å². The highest BCUT2D eigenvalue weighted by atomic mass is 32.2. The Morgan fingerprint density at radius 2 is 2.00 bits per heavy atom. The van der Waals surface area contributed by atoms with E-state index in [9.17, 15) is 4.79 Å². The summed E-state index contributed by atoms with van der Waals surface area (Å²) in [6.45, 7) is 5.08. The van der Waals surface area contributed by atoms with Gasteiger partial charge in [0, 0.05) is 12.6 Å². The Morgan fingerprint density at radius 3 is 2.65 bits per heavy atom. The Morgan fingerprint density at radius 1 is 1.30 bits per heavy atom. The first kappa shape index (κ1) is 17.1. The third kappa shape index (κ3) is 6.96. The van der Waals surface area contributed by atoms with Crippen molar-refractivity contribution in [2.75, 3.05) is 18.6 Å². The van der Waals surface area contributed by atoms with Gasteiger partial charge in [-0.3, -0.25) is 4.79 Å². The summed E-state index contributed by atoms with van der Waals surface area (Å²) in [6.07, 6.45) is 3.23. The van der Waals surface area contributed by atoms with Crippen molar-refractivity contribution in [1.29, 1.82) is 0 Å². The van der Waals surface area contributed by atoms with Gasteiger partial charge in [0.2, 0.25) is 0 Å². The Bertz CT molecular complexity index is 383. The molecule has 20 heavy (non-hydrogen) atoms. The van der Waals surface area contributed by atoms with E-state index in [0.717, 1.165) is 17.7 Å². The van der Waals surface area contributed by atoms with Crippen LogP contribution in [0.5, 0.6) is 0 Å². The van der Waals surface area contributed by atoms with Crippen LogP contribution in [0.15, 0.2) is 30.3 Å². The third-order valence-electron chi connectivity index (χ3n) is 3.15. The molecule has 0 fully saturated rings. The Balaban J connectivity index is 2.22. The van der Waals surface area contributed by atoms with Crippen LogP contribution in [0, 0.1) is 5.92 Å². The van der Waals surface area contributed by atoms with E-state index in [2.05, 4.69) is 18.5 Å². The maximum absolute atomic E-state index is 11.9. The van der Waals surface area contributed by atoms with Gasteiger partial charge >= 0.3 is 5.97 Å². The summed E-state index contributed by atoms with van der Waals surface area (Å²) in [5.74, 6) is 0.884. The summed E-state index contributed by atoms with van der Waals surface area (Å²) < 4.78 is 5.32. The van der Waals surface area contributed by atoms with E-state index >= 15 is 0 Å². The van der Waals surface area contributed by atoms with E-state index < -0.39 is 0 Å². The number of carbonyl (C=O) groups excluding carboxylic acids is 1. The van der Waals surface area contributed by atoms with Crippen LogP contribution in [0.3, 0.4) is 0 Å². The number of benzene rings is 1. The number of carbonyl (C=O) groups is 1. The average Bonchev–Trinajstić information content (AvgIpc) is 2.49. The standard InChI is InChI=1S/C16H25NO2S/c1-13(11-17-14(2)9-10-20-3)16(18)19-12-15-7-5-4-6-8-15/h4-8,13-14,17H,9-12H2,1-3H3. The minimum Gasteiger partial charge on any atom is -0.461 e. The molecule has 1 aromatic carbocycles. The monoisotopic (exact) mass is 295 g/mol. The molecule has 4 heteroatoms. The SMILES string of the molecule is CSCCC(C)NCC(C)C(=O)OCc1ccccc1. The molecule has 2 atom stereocenters. The fourth-order valence-corrected chi connectivity index (χ4v) is 2.32. The van der Waals surface area contributed by atoms with Crippen LogP contribution in [-0.2, 0) is 16.1 Å². The van der Waals surface area contributed by atoms with Gasteiger partial charge in [0.1, 0.15) is 6.61 Å². The van der Waals surface area contributed by atoms with Gasteiger partial charge in [-0.05, 0) is 30.9 Å². The molecule has 2 unspecified atom stereocenters. The van der Waals surface area contributed by atoms with E-state index in [1.807, 2.05) is 49.0 Å². The zero-order valence-corrected chi connectivity index (χ0v) is 13.4. The van der Waals surface area contributed by atoms with E-state index in [1.165, 1.54) is 0 Å². The van der Waals surface area contributed by atoms with Crippen molar-refractivity contribution in [3.8, 4) is 0 Å². The molecule has 0 bridgehead atoms. The van der Waals surface area contributed by atoms with Gasteiger partial charge < -0.3 is 10.1 Å². The first-order valence-corrected chi connectivity index (χ1v) is 8.45. The Kier molecular flexibility index (Phi) is 8.38. The first-order chi connectivity index (χ1) is 9.63. The molecule has 0 saturated heterocycles. The van der Waals surface area contributed by atoms with E-state index in [-0.39, 0.29) is 11.9 Å². The van der Waals surface area contributed by atoms with Crippen LogP contribution in [-0.4, -0.2) is 30.6 Å². The predicted molar refractivity (Wildman–Crippen MR) is 85.9 cm³/mol. The molecule has 1 rings (SSSR count). The van der Waals surface area contributed by atoms with E-state index in [1.54, 1.807) is 0 Å². The van der Waals surface area contributed by atoms with Crippen molar-refractivity contribution >= 4 is 17.7 Å². The zero-order chi connectivity index (χ0) is 14.8. The minimum atomic E-state index is -0.140. The highest BCUT2D eigenvalue weighted by Crippen LogP contribution is 2.05. The lowest BCUT2D eigenvalue weighted by Crippen LogP contribution is -2.34.